The van der Waals surface area contributed by atoms with Gasteiger partial charge in [-0.05, 0) is 61.2 Å². The van der Waals surface area contributed by atoms with Crippen LogP contribution in [0.15, 0.2) is 0 Å². The van der Waals surface area contributed by atoms with Crippen molar-refractivity contribution < 1.29 is 5.11 Å². The van der Waals surface area contributed by atoms with Crippen molar-refractivity contribution in [1.29, 1.82) is 0 Å². The molecule has 0 saturated heterocycles. The summed E-state index contributed by atoms with van der Waals surface area (Å²) in [6.45, 7) is 4.52. The highest BCUT2D eigenvalue weighted by molar-refractivity contribution is 5.14. The predicted molar refractivity (Wildman–Crippen MR) is 66.0 cm³/mol. The summed E-state index contributed by atoms with van der Waals surface area (Å²) in [6.07, 6.45) is 8.03. The van der Waals surface area contributed by atoms with Gasteiger partial charge in [0.1, 0.15) is 0 Å². The zero-order chi connectivity index (χ0) is 11.3. The molecule has 0 heterocycles. The van der Waals surface area contributed by atoms with Crippen molar-refractivity contribution >= 4 is 0 Å². The van der Waals surface area contributed by atoms with E-state index in [0.717, 1.165) is 36.0 Å². The number of aliphatic hydroxyl groups excluding tert-OH is 1. The minimum absolute atomic E-state index is 0.0308. The van der Waals surface area contributed by atoms with Gasteiger partial charge in [-0.25, -0.2) is 0 Å². The molecule has 1 N–H and O–H groups in total. The lowest BCUT2D eigenvalue weighted by Gasteiger charge is -2.20. The van der Waals surface area contributed by atoms with Gasteiger partial charge in [-0.2, -0.15) is 0 Å². The summed E-state index contributed by atoms with van der Waals surface area (Å²) in [6, 6.07) is 0. The largest absolute Gasteiger partial charge is 0.393 e. The standard InChI is InChI=1S/C15H26O/c1-3-9(4-2)7-12(16)15-13-10-5-6-11(8-10)14(13)15/h9-16H,3-8H2,1-2H3. The second kappa shape index (κ2) is 4.01. The van der Waals surface area contributed by atoms with Crippen LogP contribution in [-0.2, 0) is 0 Å². The van der Waals surface area contributed by atoms with E-state index in [9.17, 15) is 5.11 Å². The highest BCUT2D eigenvalue weighted by Gasteiger charge is 2.66. The quantitative estimate of drug-likeness (QED) is 0.755. The Morgan fingerprint density at radius 3 is 2.12 bits per heavy atom. The fourth-order valence-electron chi connectivity index (χ4n) is 5.03. The molecule has 2 bridgehead atoms. The van der Waals surface area contributed by atoms with E-state index in [1.807, 2.05) is 0 Å². The van der Waals surface area contributed by atoms with Gasteiger partial charge in [0.05, 0.1) is 6.10 Å². The first-order valence-corrected chi connectivity index (χ1v) is 7.44. The van der Waals surface area contributed by atoms with Gasteiger partial charge in [0.2, 0.25) is 0 Å². The Balaban J connectivity index is 1.56. The average Bonchev–Trinajstić information content (AvgIpc) is 2.75. The molecule has 3 aliphatic carbocycles. The van der Waals surface area contributed by atoms with Gasteiger partial charge in [-0.1, -0.05) is 26.7 Å². The lowest BCUT2D eigenvalue weighted by molar-refractivity contribution is 0.0989. The van der Waals surface area contributed by atoms with E-state index >= 15 is 0 Å². The summed E-state index contributed by atoms with van der Waals surface area (Å²) in [4.78, 5) is 0. The molecular formula is C15H26O. The van der Waals surface area contributed by atoms with Crippen LogP contribution < -0.4 is 0 Å². The van der Waals surface area contributed by atoms with Gasteiger partial charge < -0.3 is 5.11 Å². The van der Waals surface area contributed by atoms with E-state index in [2.05, 4.69) is 13.8 Å². The summed E-state index contributed by atoms with van der Waals surface area (Å²) in [5, 5.41) is 10.4. The third-order valence-electron chi connectivity index (χ3n) is 5.97. The van der Waals surface area contributed by atoms with Gasteiger partial charge in [0.15, 0.2) is 0 Å². The molecule has 1 heteroatoms. The Kier molecular flexibility index (Phi) is 2.78. The fraction of sp³-hybridized carbons (Fsp3) is 1.00. The summed E-state index contributed by atoms with van der Waals surface area (Å²) < 4.78 is 0. The molecule has 92 valence electrons. The van der Waals surface area contributed by atoms with Crippen LogP contribution >= 0.6 is 0 Å². The molecule has 0 spiro atoms. The number of fused-ring (bicyclic) bond motifs is 5. The smallest absolute Gasteiger partial charge is 0.0576 e. The van der Waals surface area contributed by atoms with Gasteiger partial charge in [-0.3, -0.25) is 0 Å². The zero-order valence-electron chi connectivity index (χ0n) is 10.7. The van der Waals surface area contributed by atoms with Crippen molar-refractivity contribution in [3.8, 4) is 0 Å². The first-order chi connectivity index (χ1) is 7.76. The van der Waals surface area contributed by atoms with Crippen LogP contribution in [-0.4, -0.2) is 11.2 Å². The van der Waals surface area contributed by atoms with Crippen molar-refractivity contribution in [2.24, 2.45) is 35.5 Å². The lowest BCUT2D eigenvalue weighted by Crippen LogP contribution is -2.19. The molecule has 0 aliphatic heterocycles. The Hall–Kier alpha value is -0.0400. The SMILES string of the molecule is CCC(CC)CC(O)C1C2C3CCC(C3)C12. The molecule has 0 aromatic heterocycles. The van der Waals surface area contributed by atoms with E-state index in [1.54, 1.807) is 0 Å². The second-order valence-electron chi connectivity index (χ2n) is 6.55. The minimum Gasteiger partial charge on any atom is -0.393 e. The normalized spacial score (nSPS) is 46.1. The predicted octanol–water partition coefficient (Wildman–Crippen LogP) is 3.47. The van der Waals surface area contributed by atoms with Crippen LogP contribution in [0, 0.1) is 35.5 Å². The topological polar surface area (TPSA) is 20.2 Å². The van der Waals surface area contributed by atoms with Crippen molar-refractivity contribution in [2.45, 2.75) is 58.5 Å². The van der Waals surface area contributed by atoms with Crippen molar-refractivity contribution in [1.82, 2.24) is 0 Å². The van der Waals surface area contributed by atoms with Crippen LogP contribution in [0.2, 0.25) is 0 Å². The summed E-state index contributed by atoms with van der Waals surface area (Å²) in [5.74, 6) is 5.39. The maximum absolute atomic E-state index is 10.4. The van der Waals surface area contributed by atoms with Crippen LogP contribution in [0.3, 0.4) is 0 Å². The average molecular weight is 222 g/mol. The van der Waals surface area contributed by atoms with Crippen molar-refractivity contribution in [2.75, 3.05) is 0 Å². The van der Waals surface area contributed by atoms with E-state index in [0.29, 0.717) is 5.92 Å². The highest BCUT2D eigenvalue weighted by Crippen LogP contribution is 2.70. The van der Waals surface area contributed by atoms with Crippen molar-refractivity contribution in [3.05, 3.63) is 0 Å². The summed E-state index contributed by atoms with van der Waals surface area (Å²) >= 11 is 0. The Morgan fingerprint density at radius 2 is 1.62 bits per heavy atom. The van der Waals surface area contributed by atoms with Gasteiger partial charge in [0.25, 0.3) is 0 Å². The number of hydrogen-bond donors (Lipinski definition) is 1. The number of hydrogen-bond acceptors (Lipinski definition) is 1. The third kappa shape index (κ3) is 1.54. The van der Waals surface area contributed by atoms with Gasteiger partial charge in [0, 0.05) is 0 Å². The number of aliphatic hydroxyl groups is 1. The third-order valence-corrected chi connectivity index (χ3v) is 5.97. The molecule has 3 rings (SSSR count). The number of rotatable bonds is 5. The van der Waals surface area contributed by atoms with Crippen LogP contribution in [0.25, 0.3) is 0 Å². The molecule has 0 aromatic carbocycles. The molecule has 5 atom stereocenters. The monoisotopic (exact) mass is 222 g/mol. The molecule has 3 fully saturated rings. The maximum Gasteiger partial charge on any atom is 0.0576 e. The summed E-state index contributed by atoms with van der Waals surface area (Å²) in [7, 11) is 0. The molecule has 0 amide bonds. The Bertz CT molecular complexity index is 242. The molecule has 0 radical (unpaired) electrons. The van der Waals surface area contributed by atoms with Crippen LogP contribution in [0.1, 0.15) is 52.4 Å². The zero-order valence-corrected chi connectivity index (χ0v) is 10.7. The second-order valence-corrected chi connectivity index (χ2v) is 6.55. The fourth-order valence-corrected chi connectivity index (χ4v) is 5.03. The summed E-state index contributed by atoms with van der Waals surface area (Å²) in [5.41, 5.74) is 0. The molecule has 3 saturated carbocycles. The Labute approximate surface area is 99.6 Å². The van der Waals surface area contributed by atoms with E-state index in [1.165, 1.54) is 32.1 Å². The molecule has 1 nitrogen and oxygen atoms in total. The molecule has 0 aromatic rings. The minimum atomic E-state index is 0.0308. The first-order valence-electron chi connectivity index (χ1n) is 7.44. The molecule has 5 unspecified atom stereocenters. The molecular weight excluding hydrogens is 196 g/mol. The highest BCUT2D eigenvalue weighted by atomic mass is 16.3. The molecule has 16 heavy (non-hydrogen) atoms. The van der Waals surface area contributed by atoms with Gasteiger partial charge >= 0.3 is 0 Å². The molecule has 3 aliphatic rings. The van der Waals surface area contributed by atoms with Crippen LogP contribution in [0.5, 0.6) is 0 Å². The van der Waals surface area contributed by atoms with Gasteiger partial charge in [-0.15, -0.1) is 0 Å². The van der Waals surface area contributed by atoms with E-state index in [-0.39, 0.29) is 6.10 Å². The Morgan fingerprint density at radius 1 is 1.06 bits per heavy atom. The van der Waals surface area contributed by atoms with Crippen LogP contribution in [0.4, 0.5) is 0 Å². The van der Waals surface area contributed by atoms with Crippen molar-refractivity contribution in [3.63, 3.8) is 0 Å². The maximum atomic E-state index is 10.4. The lowest BCUT2D eigenvalue weighted by atomic mass is 9.90. The van der Waals surface area contributed by atoms with E-state index in [4.69, 9.17) is 0 Å². The van der Waals surface area contributed by atoms with E-state index < -0.39 is 0 Å². The first kappa shape index (κ1) is 11.1.